The van der Waals surface area contributed by atoms with Crippen LogP contribution < -0.4 is 0 Å². The minimum absolute atomic E-state index is 0.115. The first-order valence-electron chi connectivity index (χ1n) is 14.1. The molecule has 1 atom stereocenters. The third kappa shape index (κ3) is 24.2. The summed E-state index contributed by atoms with van der Waals surface area (Å²) in [7, 11) is 0. The normalized spacial score (nSPS) is 12.0. The molecule has 0 heterocycles. The van der Waals surface area contributed by atoms with Crippen LogP contribution in [0.1, 0.15) is 149 Å². The van der Waals surface area contributed by atoms with Crippen LogP contribution in [0, 0.1) is 0 Å². The van der Waals surface area contributed by atoms with Crippen LogP contribution in [0.2, 0.25) is 0 Å². The van der Waals surface area contributed by atoms with Gasteiger partial charge in [0.2, 0.25) is 0 Å². The molecule has 196 valence electrons. The molecule has 0 aromatic heterocycles. The number of rotatable bonds is 25. The number of esters is 2. The molecule has 0 aromatic carbocycles. The summed E-state index contributed by atoms with van der Waals surface area (Å²) in [6, 6.07) is 0. The van der Waals surface area contributed by atoms with Crippen LogP contribution in [0.25, 0.3) is 0 Å². The Morgan fingerprint density at radius 1 is 0.545 bits per heavy atom. The van der Waals surface area contributed by atoms with Crippen LogP contribution in [0.3, 0.4) is 0 Å². The Balaban J connectivity index is 3.46. The van der Waals surface area contributed by atoms with Crippen molar-refractivity contribution in [2.75, 3.05) is 13.2 Å². The van der Waals surface area contributed by atoms with E-state index in [-0.39, 0.29) is 6.42 Å². The molecule has 0 fully saturated rings. The van der Waals surface area contributed by atoms with Gasteiger partial charge in [0.25, 0.3) is 0 Å². The summed E-state index contributed by atoms with van der Waals surface area (Å²) >= 11 is 6.03. The number of alkyl halides is 1. The van der Waals surface area contributed by atoms with Crippen LogP contribution in [-0.4, -0.2) is 30.5 Å². The maximum atomic E-state index is 11.9. The summed E-state index contributed by atoms with van der Waals surface area (Å²) in [5.74, 6) is -0.926. The van der Waals surface area contributed by atoms with E-state index in [1.165, 1.54) is 103 Å². The second-order valence-electron chi connectivity index (χ2n) is 9.42. The van der Waals surface area contributed by atoms with Crippen LogP contribution in [0.15, 0.2) is 0 Å². The molecule has 1 unspecified atom stereocenters. The molecule has 0 spiro atoms. The van der Waals surface area contributed by atoms with Crippen molar-refractivity contribution in [3.8, 4) is 0 Å². The predicted octanol–water partition coefficient (Wildman–Crippen LogP) is 8.91. The van der Waals surface area contributed by atoms with E-state index in [9.17, 15) is 9.59 Å². The van der Waals surface area contributed by atoms with Gasteiger partial charge in [-0.2, -0.15) is 0 Å². The predicted molar refractivity (Wildman–Crippen MR) is 140 cm³/mol. The number of halogens is 1. The highest BCUT2D eigenvalue weighted by molar-refractivity contribution is 6.30. The summed E-state index contributed by atoms with van der Waals surface area (Å²) in [4.78, 5) is 23.8. The Bertz CT molecular complexity index is 442. The van der Waals surface area contributed by atoms with Crippen molar-refractivity contribution < 1.29 is 19.1 Å². The van der Waals surface area contributed by atoms with Gasteiger partial charge in [-0.1, -0.05) is 129 Å². The van der Waals surface area contributed by atoms with Crippen LogP contribution in [0.4, 0.5) is 0 Å². The highest BCUT2D eigenvalue weighted by Gasteiger charge is 2.21. The maximum Gasteiger partial charge on any atom is 0.324 e. The second kappa shape index (κ2) is 25.8. The second-order valence-corrected chi connectivity index (χ2v) is 9.95. The number of unbranched alkanes of at least 4 members (excludes halogenated alkanes) is 18. The van der Waals surface area contributed by atoms with Gasteiger partial charge in [-0.05, 0) is 12.8 Å². The third-order valence-electron chi connectivity index (χ3n) is 6.10. The molecule has 0 saturated carbocycles. The first-order valence-corrected chi connectivity index (χ1v) is 14.5. The van der Waals surface area contributed by atoms with Gasteiger partial charge in [-0.15, -0.1) is 11.6 Å². The number of carbonyl (C=O) groups excluding carboxylic acids is 2. The lowest BCUT2D eigenvalue weighted by Gasteiger charge is -2.10. The van der Waals surface area contributed by atoms with Crippen molar-refractivity contribution in [3.63, 3.8) is 0 Å². The van der Waals surface area contributed by atoms with E-state index in [1.54, 1.807) is 0 Å². The number of hydrogen-bond acceptors (Lipinski definition) is 4. The van der Waals surface area contributed by atoms with Gasteiger partial charge < -0.3 is 9.47 Å². The molecular formula is C28H53ClO4. The van der Waals surface area contributed by atoms with Gasteiger partial charge in [-0.3, -0.25) is 9.59 Å². The van der Waals surface area contributed by atoms with Gasteiger partial charge in [-0.25, -0.2) is 0 Å². The first-order chi connectivity index (χ1) is 16.1. The van der Waals surface area contributed by atoms with Crippen LogP contribution in [0.5, 0.6) is 0 Å². The van der Waals surface area contributed by atoms with E-state index in [0.29, 0.717) is 13.2 Å². The topological polar surface area (TPSA) is 52.6 Å². The lowest BCUT2D eigenvalue weighted by Crippen LogP contribution is -2.23. The first kappa shape index (κ1) is 32.2. The fourth-order valence-electron chi connectivity index (χ4n) is 3.92. The molecule has 0 aliphatic heterocycles. The zero-order valence-corrected chi connectivity index (χ0v) is 22.6. The number of ether oxygens (including phenoxy) is 2. The summed E-state index contributed by atoms with van der Waals surface area (Å²) in [5.41, 5.74) is 0. The van der Waals surface area contributed by atoms with E-state index in [4.69, 9.17) is 21.1 Å². The Hall–Kier alpha value is -0.770. The van der Waals surface area contributed by atoms with Gasteiger partial charge in [0.1, 0.15) is 5.38 Å². The minimum atomic E-state index is -0.951. The molecule has 0 amide bonds. The van der Waals surface area contributed by atoms with E-state index in [0.717, 1.165) is 25.7 Å². The van der Waals surface area contributed by atoms with Crippen molar-refractivity contribution in [1.29, 1.82) is 0 Å². The molecule has 0 rings (SSSR count). The molecule has 0 aliphatic carbocycles. The maximum absolute atomic E-state index is 11.9. The standard InChI is InChI=1S/C28H53ClO4/c1-3-5-7-9-11-13-15-17-19-21-23-32-27(30)25-26(29)28(31)33-24-22-20-18-16-14-12-10-8-6-4-2/h26H,3-25H2,1-2H3. The molecular weight excluding hydrogens is 436 g/mol. The zero-order valence-electron chi connectivity index (χ0n) is 21.9. The van der Waals surface area contributed by atoms with Gasteiger partial charge in [0.05, 0.1) is 19.6 Å². The lowest BCUT2D eigenvalue weighted by molar-refractivity contribution is -0.150. The largest absolute Gasteiger partial charge is 0.466 e. The average Bonchev–Trinajstić information content (AvgIpc) is 2.80. The fraction of sp³-hybridized carbons (Fsp3) is 0.929. The SMILES string of the molecule is CCCCCCCCCCCCOC(=O)CC(Cl)C(=O)OCCCCCCCCCCCC. The van der Waals surface area contributed by atoms with Crippen molar-refractivity contribution in [1.82, 2.24) is 0 Å². The molecule has 33 heavy (non-hydrogen) atoms. The summed E-state index contributed by atoms with van der Waals surface area (Å²) in [6.07, 6.45) is 24.6. The van der Waals surface area contributed by atoms with E-state index in [2.05, 4.69) is 13.8 Å². The highest BCUT2D eigenvalue weighted by atomic mass is 35.5. The van der Waals surface area contributed by atoms with Crippen molar-refractivity contribution >= 4 is 23.5 Å². The molecule has 5 heteroatoms. The molecule has 0 radical (unpaired) electrons. The quantitative estimate of drug-likeness (QED) is 0.0730. The van der Waals surface area contributed by atoms with Crippen LogP contribution in [-0.2, 0) is 19.1 Å². The summed E-state index contributed by atoms with van der Waals surface area (Å²) in [5, 5.41) is -0.951. The molecule has 0 aliphatic rings. The number of carbonyl (C=O) groups is 2. The van der Waals surface area contributed by atoms with Crippen LogP contribution >= 0.6 is 11.6 Å². The van der Waals surface area contributed by atoms with Gasteiger partial charge in [0.15, 0.2) is 0 Å². The minimum Gasteiger partial charge on any atom is -0.466 e. The molecule has 0 bridgehead atoms. The van der Waals surface area contributed by atoms with Crippen molar-refractivity contribution in [3.05, 3.63) is 0 Å². The lowest BCUT2D eigenvalue weighted by atomic mass is 10.1. The molecule has 0 N–H and O–H groups in total. The Kier molecular flexibility index (Phi) is 25.2. The van der Waals surface area contributed by atoms with E-state index < -0.39 is 17.3 Å². The van der Waals surface area contributed by atoms with Gasteiger partial charge >= 0.3 is 11.9 Å². The Morgan fingerprint density at radius 2 is 0.879 bits per heavy atom. The monoisotopic (exact) mass is 488 g/mol. The van der Waals surface area contributed by atoms with E-state index >= 15 is 0 Å². The molecule has 0 aromatic rings. The van der Waals surface area contributed by atoms with Crippen molar-refractivity contribution in [2.24, 2.45) is 0 Å². The average molecular weight is 489 g/mol. The fourth-order valence-corrected chi connectivity index (χ4v) is 4.11. The van der Waals surface area contributed by atoms with Gasteiger partial charge in [0, 0.05) is 0 Å². The zero-order chi connectivity index (χ0) is 24.4. The third-order valence-corrected chi connectivity index (χ3v) is 6.44. The summed E-state index contributed by atoms with van der Waals surface area (Å²) in [6.45, 7) is 5.27. The molecule has 4 nitrogen and oxygen atoms in total. The highest BCUT2D eigenvalue weighted by Crippen LogP contribution is 2.13. The number of hydrogen-bond donors (Lipinski definition) is 0. The summed E-state index contributed by atoms with van der Waals surface area (Å²) < 4.78 is 10.4. The Morgan fingerprint density at radius 3 is 1.27 bits per heavy atom. The Labute approximate surface area is 209 Å². The smallest absolute Gasteiger partial charge is 0.324 e. The van der Waals surface area contributed by atoms with Crippen molar-refractivity contribution in [2.45, 2.75) is 154 Å². The molecule has 0 saturated heterocycles. The van der Waals surface area contributed by atoms with E-state index in [1.807, 2.05) is 0 Å².